The van der Waals surface area contributed by atoms with Crippen LogP contribution in [-0.2, 0) is 19.2 Å². The summed E-state index contributed by atoms with van der Waals surface area (Å²) in [5.74, 6) is -1.22. The lowest BCUT2D eigenvalue weighted by atomic mass is 9.91. The number of likely N-dealkylation sites (tertiary alicyclic amines) is 1. The molecule has 2 amide bonds. The van der Waals surface area contributed by atoms with Crippen LogP contribution in [0.4, 0.5) is 5.69 Å². The molecular formula is C19H18ClN3O4. The number of carbonyl (C=O) groups excluding carboxylic acids is 2. The first-order chi connectivity index (χ1) is 13.1. The zero-order chi connectivity index (χ0) is 19.0. The lowest BCUT2D eigenvalue weighted by molar-refractivity contribution is -0.143. The van der Waals surface area contributed by atoms with Crippen molar-refractivity contribution in [2.45, 2.75) is 12.1 Å². The van der Waals surface area contributed by atoms with E-state index in [1.54, 1.807) is 41.7 Å². The van der Waals surface area contributed by atoms with E-state index in [0.717, 1.165) is 11.3 Å². The summed E-state index contributed by atoms with van der Waals surface area (Å²) in [4.78, 5) is 37.1. The Morgan fingerprint density at radius 2 is 1.81 bits per heavy atom. The van der Waals surface area contributed by atoms with Gasteiger partial charge in [0.05, 0.1) is 24.9 Å². The molecule has 1 aromatic carbocycles. The highest BCUT2D eigenvalue weighted by Crippen LogP contribution is 2.46. The summed E-state index contributed by atoms with van der Waals surface area (Å²) in [6, 6.07) is 10.3. The molecule has 2 aliphatic heterocycles. The first kappa shape index (κ1) is 17.9. The minimum absolute atomic E-state index is 0.217. The highest BCUT2D eigenvalue weighted by molar-refractivity contribution is 6.30. The number of imide groups is 1. The number of pyridine rings is 1. The molecule has 140 valence electrons. The second-order valence-electron chi connectivity index (χ2n) is 6.40. The van der Waals surface area contributed by atoms with E-state index in [0.29, 0.717) is 5.02 Å². The predicted octanol–water partition coefficient (Wildman–Crippen LogP) is 2.23. The van der Waals surface area contributed by atoms with Crippen molar-refractivity contribution in [2.24, 2.45) is 5.92 Å². The summed E-state index contributed by atoms with van der Waals surface area (Å²) in [6.07, 6.45) is 2.46. The third-order valence-electron chi connectivity index (χ3n) is 4.85. The number of nitrogens with zero attached hydrogens (tertiary/aromatic N) is 3. The summed E-state index contributed by atoms with van der Waals surface area (Å²) < 4.78 is 5.02. The Morgan fingerprint density at radius 3 is 2.48 bits per heavy atom. The topological polar surface area (TPSA) is 72.0 Å². The van der Waals surface area contributed by atoms with Crippen LogP contribution in [0.5, 0.6) is 0 Å². The van der Waals surface area contributed by atoms with Crippen molar-refractivity contribution in [3.63, 3.8) is 0 Å². The van der Waals surface area contributed by atoms with Gasteiger partial charge in [-0.1, -0.05) is 11.6 Å². The monoisotopic (exact) mass is 387 g/mol. The van der Waals surface area contributed by atoms with Crippen molar-refractivity contribution < 1.29 is 19.2 Å². The number of halogens is 1. The summed E-state index contributed by atoms with van der Waals surface area (Å²) in [7, 11) is 1.53. The Morgan fingerprint density at radius 1 is 1.11 bits per heavy atom. The van der Waals surface area contributed by atoms with E-state index in [1.807, 2.05) is 12.1 Å². The highest BCUT2D eigenvalue weighted by atomic mass is 35.5. The van der Waals surface area contributed by atoms with Gasteiger partial charge in [-0.15, -0.1) is 0 Å². The molecule has 2 saturated heterocycles. The number of carbonyl (C=O) groups is 2. The second kappa shape index (κ2) is 7.26. The van der Waals surface area contributed by atoms with Gasteiger partial charge in [0, 0.05) is 24.5 Å². The molecule has 0 N–H and O–H groups in total. The van der Waals surface area contributed by atoms with Crippen molar-refractivity contribution >= 4 is 29.1 Å². The summed E-state index contributed by atoms with van der Waals surface area (Å²) in [6.45, 7) is 0.506. The largest absolute Gasteiger partial charge is 0.383 e. The van der Waals surface area contributed by atoms with Crippen molar-refractivity contribution in [3.8, 4) is 0 Å². The van der Waals surface area contributed by atoms with Gasteiger partial charge in [0.15, 0.2) is 6.10 Å². The lowest BCUT2D eigenvalue weighted by Crippen LogP contribution is -2.39. The summed E-state index contributed by atoms with van der Waals surface area (Å²) in [5.41, 5.74) is 1.57. The van der Waals surface area contributed by atoms with E-state index in [1.165, 1.54) is 12.0 Å². The number of benzene rings is 1. The fraction of sp³-hybridized carbons (Fsp3) is 0.316. The van der Waals surface area contributed by atoms with E-state index in [-0.39, 0.29) is 25.0 Å². The second-order valence-corrected chi connectivity index (χ2v) is 6.84. The maximum absolute atomic E-state index is 13.0. The number of hydrogen-bond acceptors (Lipinski definition) is 6. The molecular weight excluding hydrogens is 370 g/mol. The van der Waals surface area contributed by atoms with Crippen LogP contribution in [0.3, 0.4) is 0 Å². The fourth-order valence-corrected chi connectivity index (χ4v) is 3.71. The molecule has 0 bridgehead atoms. The molecule has 0 saturated carbocycles. The molecule has 1 aromatic heterocycles. The van der Waals surface area contributed by atoms with Crippen molar-refractivity contribution in [1.82, 2.24) is 9.88 Å². The van der Waals surface area contributed by atoms with Crippen LogP contribution in [-0.4, -0.2) is 48.1 Å². The van der Waals surface area contributed by atoms with Crippen LogP contribution < -0.4 is 5.06 Å². The Balaban J connectivity index is 1.73. The van der Waals surface area contributed by atoms with Gasteiger partial charge in [0.25, 0.3) is 5.91 Å². The zero-order valence-electron chi connectivity index (χ0n) is 14.6. The van der Waals surface area contributed by atoms with Crippen molar-refractivity contribution in [2.75, 3.05) is 25.3 Å². The lowest BCUT2D eigenvalue weighted by Gasteiger charge is -2.28. The van der Waals surface area contributed by atoms with Gasteiger partial charge in [-0.25, -0.2) is 5.06 Å². The maximum Gasteiger partial charge on any atom is 0.262 e. The number of fused-ring (bicyclic) bond motifs is 1. The van der Waals surface area contributed by atoms with E-state index in [4.69, 9.17) is 21.2 Å². The number of amides is 2. The standard InChI is InChI=1S/C19H18ClN3O4/c1-26-11-10-22-18(24)15-16(12-6-8-21-9-7-12)23(27-17(15)19(22)25)14-4-2-13(20)3-5-14/h2-9,15-17H,10-11H2,1H3/t15-,16-,17-/m0/s1. The number of aromatic nitrogens is 1. The smallest absolute Gasteiger partial charge is 0.262 e. The minimum Gasteiger partial charge on any atom is -0.383 e. The van der Waals surface area contributed by atoms with Crippen molar-refractivity contribution in [3.05, 3.63) is 59.4 Å². The first-order valence-corrected chi connectivity index (χ1v) is 8.95. The molecule has 0 unspecified atom stereocenters. The van der Waals surface area contributed by atoms with E-state index < -0.39 is 18.1 Å². The average molecular weight is 388 g/mol. The third kappa shape index (κ3) is 3.07. The minimum atomic E-state index is -0.858. The molecule has 4 rings (SSSR count). The first-order valence-electron chi connectivity index (χ1n) is 8.57. The quantitative estimate of drug-likeness (QED) is 0.733. The number of rotatable bonds is 5. The molecule has 3 heterocycles. The van der Waals surface area contributed by atoms with Gasteiger partial charge in [0.2, 0.25) is 5.91 Å². The molecule has 27 heavy (non-hydrogen) atoms. The van der Waals surface area contributed by atoms with Gasteiger partial charge in [-0.2, -0.15) is 0 Å². The molecule has 0 spiro atoms. The summed E-state index contributed by atoms with van der Waals surface area (Å²) in [5, 5.41) is 2.22. The average Bonchev–Trinajstić information content (AvgIpc) is 3.19. The molecule has 0 aliphatic carbocycles. The van der Waals surface area contributed by atoms with Crippen LogP contribution in [0, 0.1) is 5.92 Å². The highest BCUT2D eigenvalue weighted by Gasteiger charge is 2.59. The van der Waals surface area contributed by atoms with Gasteiger partial charge in [-0.05, 0) is 42.0 Å². The van der Waals surface area contributed by atoms with Gasteiger partial charge < -0.3 is 4.74 Å². The maximum atomic E-state index is 13.0. The van der Waals surface area contributed by atoms with Crippen molar-refractivity contribution in [1.29, 1.82) is 0 Å². The van der Waals surface area contributed by atoms with E-state index in [9.17, 15) is 9.59 Å². The van der Waals surface area contributed by atoms with Crippen LogP contribution >= 0.6 is 11.6 Å². The molecule has 2 aliphatic rings. The number of anilines is 1. The fourth-order valence-electron chi connectivity index (χ4n) is 3.59. The van der Waals surface area contributed by atoms with Gasteiger partial charge in [0.1, 0.15) is 5.92 Å². The molecule has 0 radical (unpaired) electrons. The Hall–Kier alpha value is -2.48. The number of methoxy groups -OCH3 is 1. The van der Waals surface area contributed by atoms with Crippen LogP contribution in [0.25, 0.3) is 0 Å². The third-order valence-corrected chi connectivity index (χ3v) is 5.11. The van der Waals surface area contributed by atoms with E-state index >= 15 is 0 Å². The van der Waals surface area contributed by atoms with E-state index in [2.05, 4.69) is 4.98 Å². The van der Waals surface area contributed by atoms with Gasteiger partial charge >= 0.3 is 0 Å². The van der Waals surface area contributed by atoms with Crippen LogP contribution in [0.1, 0.15) is 11.6 Å². The Bertz CT molecular complexity index is 846. The predicted molar refractivity (Wildman–Crippen MR) is 97.9 cm³/mol. The Kier molecular flexibility index (Phi) is 4.82. The van der Waals surface area contributed by atoms with Gasteiger partial charge in [-0.3, -0.25) is 24.3 Å². The number of ether oxygens (including phenoxy) is 1. The number of hydrogen-bond donors (Lipinski definition) is 0. The molecule has 2 aromatic rings. The summed E-state index contributed by atoms with van der Waals surface area (Å²) >= 11 is 5.99. The molecule has 7 nitrogen and oxygen atoms in total. The molecule has 8 heteroatoms. The molecule has 2 fully saturated rings. The zero-order valence-corrected chi connectivity index (χ0v) is 15.4. The SMILES string of the molecule is COCCN1C(=O)[C@@H]2[C@H](ON(c3ccc(Cl)cc3)[C@H]2c2ccncc2)C1=O. The normalized spacial score (nSPS) is 24.6. The Labute approximate surface area is 161 Å². The molecule has 3 atom stereocenters. The number of hydroxylamine groups is 1. The van der Waals surface area contributed by atoms with Crippen LogP contribution in [0.15, 0.2) is 48.8 Å². The van der Waals surface area contributed by atoms with Crippen LogP contribution in [0.2, 0.25) is 5.02 Å².